The molecule has 0 aromatic heterocycles. The quantitative estimate of drug-likeness (QED) is 0.726. The van der Waals surface area contributed by atoms with Crippen molar-refractivity contribution in [2.24, 2.45) is 5.73 Å². The van der Waals surface area contributed by atoms with Crippen LogP contribution in [-0.2, 0) is 19.6 Å². The molecule has 19 heavy (non-hydrogen) atoms. The van der Waals surface area contributed by atoms with E-state index >= 15 is 0 Å². The molecule has 1 rings (SSSR count). The van der Waals surface area contributed by atoms with Gasteiger partial charge in [0.05, 0.1) is 12.0 Å². The summed E-state index contributed by atoms with van der Waals surface area (Å²) in [6.07, 6.45) is 0.178. The van der Waals surface area contributed by atoms with E-state index in [4.69, 9.17) is 5.73 Å². The minimum absolute atomic E-state index is 0.0759. The predicted molar refractivity (Wildman–Crippen MR) is 71.0 cm³/mol. The zero-order chi connectivity index (χ0) is 14.5. The lowest BCUT2D eigenvalue weighted by Crippen LogP contribution is -2.36. The number of nitrogens with one attached hydrogen (secondary N) is 1. The summed E-state index contributed by atoms with van der Waals surface area (Å²) in [5.74, 6) is -0.561. The fraction of sp³-hybridized carbons (Fsp3) is 0.417. The zero-order valence-electron chi connectivity index (χ0n) is 10.9. The fourth-order valence-corrected chi connectivity index (χ4v) is 2.47. The van der Waals surface area contributed by atoms with Gasteiger partial charge in [-0.05, 0) is 25.5 Å². The summed E-state index contributed by atoms with van der Waals surface area (Å²) in [6, 6.07) is 5.66. The van der Waals surface area contributed by atoms with E-state index in [9.17, 15) is 13.2 Å². The lowest BCUT2D eigenvalue weighted by atomic mass is 10.2. The van der Waals surface area contributed by atoms with Gasteiger partial charge < -0.3 is 10.5 Å². The fourth-order valence-electron chi connectivity index (χ4n) is 1.42. The smallest absolute Gasteiger partial charge is 0.322 e. The first kappa shape index (κ1) is 15.6. The maximum absolute atomic E-state index is 11.9. The summed E-state index contributed by atoms with van der Waals surface area (Å²) in [5, 5.41) is 0. The number of ether oxygens (including phenoxy) is 1. The average Bonchev–Trinajstić information content (AvgIpc) is 2.37. The van der Waals surface area contributed by atoms with Gasteiger partial charge in [0.15, 0.2) is 0 Å². The Balaban J connectivity index is 2.57. The van der Waals surface area contributed by atoms with Gasteiger partial charge in [0.25, 0.3) is 0 Å². The summed E-state index contributed by atoms with van der Waals surface area (Å²) in [6.45, 7) is 1.95. The summed E-state index contributed by atoms with van der Waals surface area (Å²) >= 11 is 0. The van der Waals surface area contributed by atoms with Crippen molar-refractivity contribution in [1.29, 1.82) is 0 Å². The number of aryl methyl sites for hydroxylation is 1. The normalized spacial score (nSPS) is 13.0. The summed E-state index contributed by atoms with van der Waals surface area (Å²) < 4.78 is 30.6. The molecule has 0 aliphatic heterocycles. The SMILES string of the molecule is COC(=O)C(N)CCNS(=O)(=O)c1ccc(C)cc1. The molecular formula is C12H18N2O4S. The second-order valence-corrected chi connectivity index (χ2v) is 5.90. The average molecular weight is 286 g/mol. The number of nitrogens with two attached hydrogens (primary N) is 1. The highest BCUT2D eigenvalue weighted by Crippen LogP contribution is 2.09. The van der Waals surface area contributed by atoms with Gasteiger partial charge in [-0.1, -0.05) is 17.7 Å². The molecule has 0 aliphatic carbocycles. The van der Waals surface area contributed by atoms with Gasteiger partial charge in [0.1, 0.15) is 6.04 Å². The van der Waals surface area contributed by atoms with Gasteiger partial charge in [-0.2, -0.15) is 0 Å². The van der Waals surface area contributed by atoms with Gasteiger partial charge in [0, 0.05) is 6.54 Å². The van der Waals surface area contributed by atoms with Crippen LogP contribution in [0.4, 0.5) is 0 Å². The molecule has 1 aromatic rings. The van der Waals surface area contributed by atoms with E-state index in [0.717, 1.165) is 5.56 Å². The van der Waals surface area contributed by atoms with Crippen molar-refractivity contribution >= 4 is 16.0 Å². The topological polar surface area (TPSA) is 98.5 Å². The molecule has 1 atom stereocenters. The summed E-state index contributed by atoms with van der Waals surface area (Å²) in [7, 11) is -2.33. The van der Waals surface area contributed by atoms with Gasteiger partial charge >= 0.3 is 5.97 Å². The molecule has 1 unspecified atom stereocenters. The lowest BCUT2D eigenvalue weighted by Gasteiger charge is -2.10. The second kappa shape index (κ2) is 6.65. The molecule has 0 amide bonds. The molecule has 7 heteroatoms. The first-order valence-corrected chi connectivity index (χ1v) is 7.25. The van der Waals surface area contributed by atoms with Crippen molar-refractivity contribution < 1.29 is 17.9 Å². The number of rotatable bonds is 6. The number of esters is 1. The molecule has 6 nitrogen and oxygen atoms in total. The molecule has 0 fully saturated rings. The van der Waals surface area contributed by atoms with Crippen molar-refractivity contribution in [3.63, 3.8) is 0 Å². The summed E-state index contributed by atoms with van der Waals surface area (Å²) in [5.41, 5.74) is 6.48. The van der Waals surface area contributed by atoms with Gasteiger partial charge in [-0.15, -0.1) is 0 Å². The molecular weight excluding hydrogens is 268 g/mol. The maximum Gasteiger partial charge on any atom is 0.322 e. The second-order valence-electron chi connectivity index (χ2n) is 4.13. The van der Waals surface area contributed by atoms with Gasteiger partial charge in [0.2, 0.25) is 10.0 Å². The largest absolute Gasteiger partial charge is 0.468 e. The monoisotopic (exact) mass is 286 g/mol. The van der Waals surface area contributed by atoms with Crippen LogP contribution in [0.1, 0.15) is 12.0 Å². The highest BCUT2D eigenvalue weighted by molar-refractivity contribution is 7.89. The molecule has 106 valence electrons. The Labute approximate surface area is 113 Å². The third-order valence-electron chi connectivity index (χ3n) is 2.58. The highest BCUT2D eigenvalue weighted by atomic mass is 32.2. The third kappa shape index (κ3) is 4.62. The number of hydrogen-bond donors (Lipinski definition) is 2. The number of carbonyl (C=O) groups is 1. The molecule has 0 saturated heterocycles. The Morgan fingerprint density at radius 3 is 2.47 bits per heavy atom. The number of sulfonamides is 1. The van der Waals surface area contributed by atoms with Crippen LogP contribution in [0.25, 0.3) is 0 Å². The van der Waals surface area contributed by atoms with Gasteiger partial charge in [-0.25, -0.2) is 13.1 Å². The van der Waals surface area contributed by atoms with E-state index < -0.39 is 22.0 Å². The minimum Gasteiger partial charge on any atom is -0.468 e. The van der Waals surface area contributed by atoms with Crippen molar-refractivity contribution in [3.05, 3.63) is 29.8 Å². The van der Waals surface area contributed by atoms with E-state index in [2.05, 4.69) is 9.46 Å². The minimum atomic E-state index is -3.56. The summed E-state index contributed by atoms with van der Waals surface area (Å²) in [4.78, 5) is 11.2. The molecule has 3 N–H and O–H groups in total. The first-order chi connectivity index (χ1) is 8.86. The Hall–Kier alpha value is -1.44. The standard InChI is InChI=1S/C12H18N2O4S/c1-9-3-5-10(6-4-9)19(16,17)14-8-7-11(13)12(15)18-2/h3-6,11,14H,7-8,13H2,1-2H3. The van der Waals surface area contributed by atoms with E-state index in [0.29, 0.717) is 0 Å². The van der Waals surface area contributed by atoms with Gasteiger partial charge in [-0.3, -0.25) is 4.79 Å². The molecule has 0 saturated carbocycles. The highest BCUT2D eigenvalue weighted by Gasteiger charge is 2.17. The molecule has 0 radical (unpaired) electrons. The third-order valence-corrected chi connectivity index (χ3v) is 4.06. The molecule has 0 spiro atoms. The molecule has 0 aliphatic rings. The van der Waals surface area contributed by atoms with E-state index in [1.54, 1.807) is 12.1 Å². The van der Waals surface area contributed by atoms with Crippen molar-refractivity contribution in [3.8, 4) is 0 Å². The van der Waals surface area contributed by atoms with Crippen molar-refractivity contribution in [1.82, 2.24) is 4.72 Å². The maximum atomic E-state index is 11.9. The Bertz CT molecular complexity index is 525. The van der Waals surface area contributed by atoms with Crippen LogP contribution < -0.4 is 10.5 Å². The molecule has 0 heterocycles. The Kier molecular flexibility index (Phi) is 5.46. The van der Waals surface area contributed by atoms with Crippen molar-refractivity contribution in [2.45, 2.75) is 24.3 Å². The number of benzene rings is 1. The van der Waals surface area contributed by atoms with Crippen LogP contribution >= 0.6 is 0 Å². The van der Waals surface area contributed by atoms with Crippen LogP contribution in [0.5, 0.6) is 0 Å². The Morgan fingerprint density at radius 1 is 1.37 bits per heavy atom. The van der Waals surface area contributed by atoms with Crippen LogP contribution in [-0.4, -0.2) is 34.1 Å². The van der Waals surface area contributed by atoms with Crippen LogP contribution in [0, 0.1) is 6.92 Å². The van der Waals surface area contributed by atoms with E-state index in [-0.39, 0.29) is 17.9 Å². The van der Waals surface area contributed by atoms with E-state index in [1.165, 1.54) is 19.2 Å². The number of carbonyl (C=O) groups excluding carboxylic acids is 1. The molecule has 0 bridgehead atoms. The molecule has 1 aromatic carbocycles. The van der Waals surface area contributed by atoms with Crippen LogP contribution in [0.3, 0.4) is 0 Å². The predicted octanol–water partition coefficient (Wildman–Crippen LogP) is 0.164. The van der Waals surface area contributed by atoms with Crippen LogP contribution in [0.2, 0.25) is 0 Å². The Morgan fingerprint density at radius 2 is 1.95 bits per heavy atom. The zero-order valence-corrected chi connectivity index (χ0v) is 11.7. The van der Waals surface area contributed by atoms with Crippen molar-refractivity contribution in [2.75, 3.05) is 13.7 Å². The number of hydrogen-bond acceptors (Lipinski definition) is 5. The first-order valence-electron chi connectivity index (χ1n) is 5.76. The lowest BCUT2D eigenvalue weighted by molar-refractivity contribution is -0.142. The van der Waals surface area contributed by atoms with Crippen LogP contribution in [0.15, 0.2) is 29.2 Å². The van der Waals surface area contributed by atoms with E-state index in [1.807, 2.05) is 6.92 Å². The number of methoxy groups -OCH3 is 1.